The van der Waals surface area contributed by atoms with Gasteiger partial charge in [-0.05, 0) is 24.3 Å². The topological polar surface area (TPSA) is 72.1 Å². The van der Waals surface area contributed by atoms with Gasteiger partial charge in [0.15, 0.2) is 11.7 Å². The Hall–Kier alpha value is -3.08. The van der Waals surface area contributed by atoms with E-state index >= 15 is 0 Å². The van der Waals surface area contributed by atoms with Crippen molar-refractivity contribution in [1.82, 2.24) is 9.78 Å². The van der Waals surface area contributed by atoms with Crippen molar-refractivity contribution in [2.45, 2.75) is 24.7 Å². The Labute approximate surface area is 170 Å². The summed E-state index contributed by atoms with van der Waals surface area (Å²) in [4.78, 5) is 12.5. The van der Waals surface area contributed by atoms with Crippen molar-refractivity contribution in [1.29, 1.82) is 0 Å². The van der Waals surface area contributed by atoms with E-state index in [4.69, 9.17) is 16.0 Å². The van der Waals surface area contributed by atoms with Crippen LogP contribution < -0.4 is 10.6 Å². The van der Waals surface area contributed by atoms with Gasteiger partial charge in [0.1, 0.15) is 28.2 Å². The van der Waals surface area contributed by atoms with Gasteiger partial charge in [0, 0.05) is 12.5 Å². The maximum absolute atomic E-state index is 13.8. The fraction of sp³-hybridized carbons (Fsp3) is 0.222. The monoisotopic (exact) mass is 446 g/mol. The SMILES string of the molecule is O=C(Nc1ccc(F)cc1F)c1nn2c(c1Cl)N[C@@H](c1ccco1)C[C@@H]2C(F)(F)F. The van der Waals surface area contributed by atoms with E-state index in [1.165, 1.54) is 18.4 Å². The number of fused-ring (bicyclic) bond motifs is 1. The maximum atomic E-state index is 13.8. The van der Waals surface area contributed by atoms with E-state index in [0.717, 1.165) is 12.1 Å². The summed E-state index contributed by atoms with van der Waals surface area (Å²) < 4.78 is 73.6. The largest absolute Gasteiger partial charge is 0.467 e. The Morgan fingerprint density at radius 1 is 1.30 bits per heavy atom. The second kappa shape index (κ2) is 7.31. The first kappa shape index (κ1) is 20.2. The molecule has 3 heterocycles. The molecule has 1 aromatic carbocycles. The van der Waals surface area contributed by atoms with Crippen molar-refractivity contribution in [3.8, 4) is 0 Å². The van der Waals surface area contributed by atoms with Gasteiger partial charge in [0.05, 0.1) is 18.0 Å². The molecule has 0 aliphatic carbocycles. The highest BCUT2D eigenvalue weighted by atomic mass is 35.5. The third kappa shape index (κ3) is 3.60. The van der Waals surface area contributed by atoms with Crippen molar-refractivity contribution in [3.05, 3.63) is 64.7 Å². The highest BCUT2D eigenvalue weighted by Crippen LogP contribution is 2.46. The first-order valence-electron chi connectivity index (χ1n) is 8.56. The van der Waals surface area contributed by atoms with Gasteiger partial charge in [-0.25, -0.2) is 13.5 Å². The van der Waals surface area contributed by atoms with Crippen LogP contribution in [0.15, 0.2) is 41.0 Å². The van der Waals surface area contributed by atoms with E-state index in [1.54, 1.807) is 0 Å². The van der Waals surface area contributed by atoms with Crippen LogP contribution in [0.5, 0.6) is 0 Å². The quantitative estimate of drug-likeness (QED) is 0.534. The van der Waals surface area contributed by atoms with Crippen LogP contribution in [0, 0.1) is 11.6 Å². The van der Waals surface area contributed by atoms with E-state index in [9.17, 15) is 26.7 Å². The molecular formula is C18H12ClF5N4O2. The van der Waals surface area contributed by atoms with Gasteiger partial charge in [0.2, 0.25) is 0 Å². The Morgan fingerprint density at radius 3 is 2.70 bits per heavy atom. The number of furan rings is 1. The van der Waals surface area contributed by atoms with Gasteiger partial charge in [-0.1, -0.05) is 11.6 Å². The van der Waals surface area contributed by atoms with Crippen LogP contribution in [0.3, 0.4) is 0 Å². The zero-order valence-electron chi connectivity index (χ0n) is 14.8. The molecule has 2 aromatic heterocycles. The first-order chi connectivity index (χ1) is 14.1. The Kier molecular flexibility index (Phi) is 4.92. The van der Waals surface area contributed by atoms with E-state index in [-0.39, 0.29) is 22.3 Å². The van der Waals surface area contributed by atoms with Crippen molar-refractivity contribution in [3.63, 3.8) is 0 Å². The smallest absolute Gasteiger partial charge is 0.410 e. The highest BCUT2D eigenvalue weighted by molar-refractivity contribution is 6.36. The Morgan fingerprint density at radius 2 is 2.07 bits per heavy atom. The number of hydrogen-bond acceptors (Lipinski definition) is 4. The van der Waals surface area contributed by atoms with Crippen LogP contribution in [-0.4, -0.2) is 21.9 Å². The van der Waals surface area contributed by atoms with Crippen LogP contribution in [0.25, 0.3) is 0 Å². The van der Waals surface area contributed by atoms with Gasteiger partial charge >= 0.3 is 6.18 Å². The molecule has 1 aliphatic heterocycles. The van der Waals surface area contributed by atoms with Gasteiger partial charge in [-0.2, -0.15) is 18.3 Å². The lowest BCUT2D eigenvalue weighted by Crippen LogP contribution is -2.35. The van der Waals surface area contributed by atoms with Gasteiger partial charge < -0.3 is 15.1 Å². The molecule has 2 N–H and O–H groups in total. The van der Waals surface area contributed by atoms with Gasteiger partial charge in [-0.15, -0.1) is 0 Å². The number of amides is 1. The summed E-state index contributed by atoms with van der Waals surface area (Å²) in [7, 11) is 0. The lowest BCUT2D eigenvalue weighted by Gasteiger charge is -2.32. The maximum Gasteiger partial charge on any atom is 0.410 e. The predicted octanol–water partition coefficient (Wildman–Crippen LogP) is 5.32. The van der Waals surface area contributed by atoms with Gasteiger partial charge in [-0.3, -0.25) is 4.79 Å². The number of hydrogen-bond donors (Lipinski definition) is 2. The average molecular weight is 447 g/mol. The summed E-state index contributed by atoms with van der Waals surface area (Å²) in [5.41, 5.74) is -0.922. The number of nitrogens with one attached hydrogen (secondary N) is 2. The molecule has 3 aromatic rings. The average Bonchev–Trinajstić information content (AvgIpc) is 3.31. The molecule has 6 nitrogen and oxygen atoms in total. The number of aromatic nitrogens is 2. The number of benzene rings is 1. The first-order valence-corrected chi connectivity index (χ1v) is 8.94. The molecule has 1 amide bonds. The summed E-state index contributed by atoms with van der Waals surface area (Å²) >= 11 is 6.15. The molecule has 0 bridgehead atoms. The molecule has 0 fully saturated rings. The Bertz CT molecular complexity index is 1100. The lowest BCUT2D eigenvalue weighted by atomic mass is 10.0. The number of carbonyl (C=O) groups is 1. The van der Waals surface area contributed by atoms with Crippen molar-refractivity contribution < 1.29 is 31.2 Å². The zero-order chi connectivity index (χ0) is 21.6. The zero-order valence-corrected chi connectivity index (χ0v) is 15.6. The fourth-order valence-corrected chi connectivity index (χ4v) is 3.45. The minimum atomic E-state index is -4.69. The van der Waals surface area contributed by atoms with Crippen LogP contribution in [-0.2, 0) is 0 Å². The molecule has 0 unspecified atom stereocenters. The second-order valence-electron chi connectivity index (χ2n) is 6.54. The molecule has 0 saturated carbocycles. The Balaban J connectivity index is 1.70. The van der Waals surface area contributed by atoms with Crippen molar-refractivity contribution in [2.75, 3.05) is 10.6 Å². The van der Waals surface area contributed by atoms with Crippen LogP contribution >= 0.6 is 11.6 Å². The molecule has 2 atom stereocenters. The van der Waals surface area contributed by atoms with Crippen LogP contribution in [0.4, 0.5) is 33.5 Å². The minimum Gasteiger partial charge on any atom is -0.467 e. The molecule has 4 rings (SSSR count). The summed E-state index contributed by atoms with van der Waals surface area (Å²) in [5.74, 6) is -2.94. The molecule has 12 heteroatoms. The van der Waals surface area contributed by atoms with Crippen molar-refractivity contribution in [2.24, 2.45) is 0 Å². The number of carbonyl (C=O) groups excluding carboxylic acids is 1. The fourth-order valence-electron chi connectivity index (χ4n) is 3.18. The minimum absolute atomic E-state index is 0.226. The molecular weight excluding hydrogens is 435 g/mol. The van der Waals surface area contributed by atoms with Crippen LogP contribution in [0.2, 0.25) is 5.02 Å². The summed E-state index contributed by atoms with van der Waals surface area (Å²) in [6, 6.07) is 2.53. The summed E-state index contributed by atoms with van der Waals surface area (Å²) in [6.07, 6.45) is -3.81. The standard InChI is InChI=1S/C18H12ClF5N4O2/c19-14-15(17(29)26-10-4-3-8(20)6-9(10)21)27-28-13(18(22,23)24)7-11(25-16(14)28)12-2-1-5-30-12/h1-6,11,13,25H,7H2,(H,26,29)/t11-,13-/m1/s1. The number of anilines is 2. The third-order valence-electron chi connectivity index (χ3n) is 4.58. The molecule has 1 aliphatic rings. The molecule has 0 radical (unpaired) electrons. The number of halogens is 6. The summed E-state index contributed by atoms with van der Waals surface area (Å²) in [6.45, 7) is 0. The summed E-state index contributed by atoms with van der Waals surface area (Å²) in [5, 5.41) is 8.27. The third-order valence-corrected chi connectivity index (χ3v) is 4.93. The van der Waals surface area contributed by atoms with Crippen LogP contribution in [0.1, 0.15) is 34.8 Å². The second-order valence-corrected chi connectivity index (χ2v) is 6.92. The normalized spacial score (nSPS) is 18.6. The molecule has 0 spiro atoms. The number of nitrogens with zero attached hydrogens (tertiary/aromatic N) is 2. The van der Waals surface area contributed by atoms with Gasteiger partial charge in [0.25, 0.3) is 5.91 Å². The number of rotatable bonds is 3. The van der Waals surface area contributed by atoms with E-state index in [2.05, 4.69) is 15.7 Å². The van der Waals surface area contributed by atoms with E-state index in [1.807, 2.05) is 0 Å². The highest BCUT2D eigenvalue weighted by Gasteiger charge is 2.48. The number of alkyl halides is 3. The predicted molar refractivity (Wildman–Crippen MR) is 96.3 cm³/mol. The lowest BCUT2D eigenvalue weighted by molar-refractivity contribution is -0.174. The van der Waals surface area contributed by atoms with E-state index < -0.39 is 47.9 Å². The molecule has 0 saturated heterocycles. The van der Waals surface area contributed by atoms with Crippen molar-refractivity contribution >= 4 is 29.0 Å². The molecule has 30 heavy (non-hydrogen) atoms. The molecule has 158 valence electrons. The van der Waals surface area contributed by atoms with E-state index in [0.29, 0.717) is 10.7 Å².